The van der Waals surface area contributed by atoms with E-state index in [1.807, 2.05) is 6.07 Å². The van der Waals surface area contributed by atoms with E-state index in [0.717, 1.165) is 0 Å². The Morgan fingerprint density at radius 2 is 1.70 bits per heavy atom. The molecule has 0 radical (unpaired) electrons. The molecular weight excluding hydrogens is 334 g/mol. The molecule has 3 unspecified atom stereocenters. The second-order valence-corrected chi connectivity index (χ2v) is 7.98. The van der Waals surface area contributed by atoms with Crippen LogP contribution in [-0.2, 0) is 14.6 Å². The molecule has 1 aliphatic carbocycles. The lowest BCUT2D eigenvalue weighted by molar-refractivity contribution is -0.110. The maximum Gasteiger partial charge on any atom is 0.183 e. The summed E-state index contributed by atoms with van der Waals surface area (Å²) < 4.78 is 25.7. The van der Waals surface area contributed by atoms with Gasteiger partial charge in [-0.15, -0.1) is 0 Å². The first-order valence-corrected chi connectivity index (χ1v) is 8.82. The Hall–Kier alpha value is -2.16. The summed E-state index contributed by atoms with van der Waals surface area (Å²) >= 11 is 5.84. The molecule has 1 saturated carbocycles. The first-order valence-electron chi connectivity index (χ1n) is 6.89. The lowest BCUT2D eigenvalue weighted by Crippen LogP contribution is -2.16. The van der Waals surface area contributed by atoms with Crippen LogP contribution >= 0.6 is 11.6 Å². The van der Waals surface area contributed by atoms with Gasteiger partial charge in [-0.25, -0.2) is 8.42 Å². The summed E-state index contributed by atoms with van der Waals surface area (Å²) in [5, 5.41) is 8.87. The Balaban J connectivity index is 2.09. The van der Waals surface area contributed by atoms with Crippen LogP contribution in [0.4, 0.5) is 0 Å². The van der Waals surface area contributed by atoms with Crippen molar-refractivity contribution in [2.75, 3.05) is 0 Å². The van der Waals surface area contributed by atoms with Gasteiger partial charge in [-0.1, -0.05) is 41.9 Å². The van der Waals surface area contributed by atoms with Gasteiger partial charge in [0.15, 0.2) is 9.84 Å². The molecule has 0 aromatic heterocycles. The Bertz CT molecular complexity index is 888. The van der Waals surface area contributed by atoms with Gasteiger partial charge >= 0.3 is 0 Å². The Labute approximate surface area is 139 Å². The molecule has 0 heterocycles. The number of aldehydes is 1. The lowest BCUT2D eigenvalue weighted by Gasteiger charge is -2.04. The molecule has 3 rings (SSSR count). The van der Waals surface area contributed by atoms with Gasteiger partial charge in [0.1, 0.15) is 17.0 Å². The molecule has 1 aliphatic rings. The molecular formula is C17H12ClNO3S. The van der Waals surface area contributed by atoms with Gasteiger partial charge in [0.05, 0.1) is 11.0 Å². The predicted molar refractivity (Wildman–Crippen MR) is 85.7 cm³/mol. The molecule has 4 nitrogen and oxygen atoms in total. The zero-order valence-electron chi connectivity index (χ0n) is 11.9. The van der Waals surface area contributed by atoms with E-state index in [4.69, 9.17) is 11.6 Å². The minimum Gasteiger partial charge on any atom is -0.302 e. The van der Waals surface area contributed by atoms with E-state index in [9.17, 15) is 18.5 Å². The van der Waals surface area contributed by atoms with E-state index >= 15 is 0 Å². The Morgan fingerprint density at radius 3 is 2.22 bits per heavy atom. The highest BCUT2D eigenvalue weighted by Gasteiger charge is 2.72. The summed E-state index contributed by atoms with van der Waals surface area (Å²) in [6, 6.07) is 16.3. The molecule has 0 saturated heterocycles. The highest BCUT2D eigenvalue weighted by molar-refractivity contribution is 7.92. The number of nitrogens with zero attached hydrogens (tertiary/aromatic N) is 1. The maximum atomic E-state index is 12.8. The molecule has 0 amide bonds. The number of sulfone groups is 1. The topological polar surface area (TPSA) is 75.0 Å². The average molecular weight is 346 g/mol. The summed E-state index contributed by atoms with van der Waals surface area (Å²) in [7, 11) is -3.79. The largest absolute Gasteiger partial charge is 0.302 e. The minimum atomic E-state index is -3.79. The fourth-order valence-corrected chi connectivity index (χ4v) is 5.37. The van der Waals surface area contributed by atoms with Crippen LogP contribution in [0.2, 0.25) is 5.02 Å². The van der Waals surface area contributed by atoms with Gasteiger partial charge in [-0.05, 0) is 29.8 Å². The summed E-state index contributed by atoms with van der Waals surface area (Å²) in [4.78, 5) is 11.7. The third-order valence-electron chi connectivity index (χ3n) is 4.20. The first-order chi connectivity index (χ1) is 11.0. The monoisotopic (exact) mass is 345 g/mol. The Morgan fingerprint density at radius 1 is 1.09 bits per heavy atom. The van der Waals surface area contributed by atoms with Crippen molar-refractivity contribution in [1.29, 1.82) is 5.26 Å². The second kappa shape index (κ2) is 5.48. The molecule has 2 aromatic carbocycles. The average Bonchev–Trinajstić information content (AvgIpc) is 3.27. The SMILES string of the molecule is N#CC1(C=O)C(c2ccc(Cl)cc2)C1S(=O)(=O)c1ccccc1. The van der Waals surface area contributed by atoms with Crippen molar-refractivity contribution in [1.82, 2.24) is 0 Å². The zero-order chi connectivity index (χ0) is 16.7. The molecule has 0 spiro atoms. The van der Waals surface area contributed by atoms with Crippen LogP contribution in [0.15, 0.2) is 59.5 Å². The van der Waals surface area contributed by atoms with Crippen molar-refractivity contribution < 1.29 is 13.2 Å². The normalized spacial score (nSPS) is 26.3. The lowest BCUT2D eigenvalue weighted by atomic mass is 10.0. The van der Waals surface area contributed by atoms with E-state index in [0.29, 0.717) is 16.9 Å². The second-order valence-electron chi connectivity index (χ2n) is 5.47. The third kappa shape index (κ3) is 2.35. The zero-order valence-corrected chi connectivity index (χ0v) is 13.5. The van der Waals surface area contributed by atoms with Crippen LogP contribution in [0, 0.1) is 16.7 Å². The van der Waals surface area contributed by atoms with Crippen LogP contribution in [-0.4, -0.2) is 20.0 Å². The first kappa shape index (κ1) is 15.7. The number of hydrogen-bond donors (Lipinski definition) is 0. The summed E-state index contributed by atoms with van der Waals surface area (Å²) in [5.41, 5.74) is -0.935. The van der Waals surface area contributed by atoms with Crippen molar-refractivity contribution in [3.8, 4) is 6.07 Å². The van der Waals surface area contributed by atoms with Crippen LogP contribution in [0.3, 0.4) is 0 Å². The molecule has 0 N–H and O–H groups in total. The number of carbonyl (C=O) groups excluding carboxylic acids is 1. The third-order valence-corrected chi connectivity index (χ3v) is 6.71. The van der Waals surface area contributed by atoms with E-state index in [1.54, 1.807) is 42.5 Å². The molecule has 1 fully saturated rings. The van der Waals surface area contributed by atoms with Gasteiger partial charge in [0.25, 0.3) is 0 Å². The van der Waals surface area contributed by atoms with Gasteiger partial charge < -0.3 is 4.79 Å². The van der Waals surface area contributed by atoms with E-state index < -0.39 is 26.4 Å². The number of halogens is 1. The molecule has 0 aliphatic heterocycles. The van der Waals surface area contributed by atoms with Crippen molar-refractivity contribution in [2.24, 2.45) is 5.41 Å². The van der Waals surface area contributed by atoms with Gasteiger partial charge in [-0.3, -0.25) is 0 Å². The standard InChI is InChI=1S/C17H12ClNO3S/c18-13-8-6-12(7-9-13)15-16(17(15,10-19)11-20)23(21,22)14-4-2-1-3-5-14/h1-9,11,15-16H. The quantitative estimate of drug-likeness (QED) is 0.798. The number of rotatable bonds is 4. The molecule has 3 atom stereocenters. The van der Waals surface area contributed by atoms with Crippen molar-refractivity contribution >= 4 is 27.7 Å². The maximum absolute atomic E-state index is 12.8. The van der Waals surface area contributed by atoms with E-state index in [-0.39, 0.29) is 4.90 Å². The van der Waals surface area contributed by atoms with Gasteiger partial charge in [0, 0.05) is 10.9 Å². The highest BCUT2D eigenvalue weighted by Crippen LogP contribution is 2.62. The van der Waals surface area contributed by atoms with Crippen LogP contribution in [0.1, 0.15) is 11.5 Å². The number of benzene rings is 2. The molecule has 2 aromatic rings. The molecule has 116 valence electrons. The van der Waals surface area contributed by atoms with E-state index in [2.05, 4.69) is 0 Å². The van der Waals surface area contributed by atoms with Gasteiger partial charge in [-0.2, -0.15) is 5.26 Å². The van der Waals surface area contributed by atoms with Crippen LogP contribution < -0.4 is 0 Å². The Kier molecular flexibility index (Phi) is 3.75. The van der Waals surface area contributed by atoms with Crippen LogP contribution in [0.5, 0.6) is 0 Å². The van der Waals surface area contributed by atoms with Gasteiger partial charge in [0.2, 0.25) is 0 Å². The molecule has 6 heteroatoms. The summed E-state index contributed by atoms with van der Waals surface area (Å²) in [6.07, 6.45) is 0.456. The smallest absolute Gasteiger partial charge is 0.183 e. The fraction of sp³-hybridized carbons (Fsp3) is 0.176. The number of carbonyl (C=O) groups is 1. The van der Waals surface area contributed by atoms with Crippen molar-refractivity contribution in [2.45, 2.75) is 16.1 Å². The predicted octanol–water partition coefficient (Wildman–Crippen LogP) is 2.99. The highest BCUT2D eigenvalue weighted by atomic mass is 35.5. The van der Waals surface area contributed by atoms with E-state index in [1.165, 1.54) is 12.1 Å². The summed E-state index contributed by atoms with van der Waals surface area (Å²) in [6.45, 7) is 0. The molecule has 0 bridgehead atoms. The number of nitriles is 1. The van der Waals surface area contributed by atoms with Crippen LogP contribution in [0.25, 0.3) is 0 Å². The fourth-order valence-electron chi connectivity index (χ4n) is 2.99. The molecule has 23 heavy (non-hydrogen) atoms. The number of hydrogen-bond acceptors (Lipinski definition) is 4. The minimum absolute atomic E-state index is 0.114. The van der Waals surface area contributed by atoms with Crippen molar-refractivity contribution in [3.63, 3.8) is 0 Å². The summed E-state index contributed by atoms with van der Waals surface area (Å²) in [5.74, 6) is -0.688. The van der Waals surface area contributed by atoms with Crippen molar-refractivity contribution in [3.05, 3.63) is 65.2 Å².